The Balaban J connectivity index is 1.93. The highest BCUT2D eigenvalue weighted by atomic mass is 79.9. The van der Waals surface area contributed by atoms with Crippen molar-refractivity contribution in [2.75, 3.05) is 32.8 Å². The average molecular weight is 454 g/mol. The number of rotatable bonds is 6. The molecule has 2 rings (SSSR count). The summed E-state index contributed by atoms with van der Waals surface area (Å²) in [5.41, 5.74) is 0. The third kappa shape index (κ3) is 5.30. The highest BCUT2D eigenvalue weighted by Gasteiger charge is 2.23. The molecule has 1 aliphatic heterocycles. The first-order chi connectivity index (χ1) is 10.5. The van der Waals surface area contributed by atoms with Gasteiger partial charge in [-0.25, -0.2) is 0 Å². The summed E-state index contributed by atoms with van der Waals surface area (Å²) >= 11 is 8.30. The minimum atomic E-state index is -0.00147. The Morgan fingerprint density at radius 2 is 2.09 bits per heavy atom. The lowest BCUT2D eigenvalue weighted by atomic mass is 10.0. The number of thiophene rings is 1. The van der Waals surface area contributed by atoms with Crippen molar-refractivity contribution in [3.05, 3.63) is 19.2 Å². The van der Waals surface area contributed by atoms with Crippen LogP contribution in [0.2, 0.25) is 0 Å². The van der Waals surface area contributed by atoms with Crippen molar-refractivity contribution < 1.29 is 9.53 Å². The summed E-state index contributed by atoms with van der Waals surface area (Å²) in [6.45, 7) is 8.60. The Kier molecular flexibility index (Phi) is 7.34. The van der Waals surface area contributed by atoms with Gasteiger partial charge in [-0.2, -0.15) is 0 Å². The van der Waals surface area contributed by atoms with Crippen LogP contribution in [0.25, 0.3) is 0 Å². The van der Waals surface area contributed by atoms with Gasteiger partial charge in [0.1, 0.15) is 0 Å². The van der Waals surface area contributed by atoms with Crippen LogP contribution in [-0.2, 0) is 4.74 Å². The van der Waals surface area contributed by atoms with E-state index in [-0.39, 0.29) is 5.91 Å². The van der Waals surface area contributed by atoms with Crippen LogP contribution >= 0.6 is 43.2 Å². The van der Waals surface area contributed by atoms with Crippen LogP contribution in [0.5, 0.6) is 0 Å². The van der Waals surface area contributed by atoms with E-state index >= 15 is 0 Å². The summed E-state index contributed by atoms with van der Waals surface area (Å²) < 4.78 is 7.30. The smallest absolute Gasteiger partial charge is 0.261 e. The maximum atomic E-state index is 12.3. The zero-order valence-corrected chi connectivity index (χ0v) is 16.9. The molecule has 1 aliphatic rings. The highest BCUT2D eigenvalue weighted by Crippen LogP contribution is 2.32. The molecule has 1 fully saturated rings. The van der Waals surface area contributed by atoms with Gasteiger partial charge in [0.05, 0.1) is 21.9 Å². The number of halogens is 2. The van der Waals surface area contributed by atoms with Crippen LogP contribution in [0.3, 0.4) is 0 Å². The van der Waals surface area contributed by atoms with E-state index in [1.165, 1.54) is 11.3 Å². The minimum absolute atomic E-state index is 0.00147. The number of hydrogen-bond donors (Lipinski definition) is 1. The fourth-order valence-electron chi connectivity index (χ4n) is 2.60. The molecular formula is C15H22Br2N2O2S. The van der Waals surface area contributed by atoms with E-state index in [4.69, 9.17) is 4.74 Å². The zero-order valence-electron chi connectivity index (χ0n) is 12.9. The first-order valence-electron chi connectivity index (χ1n) is 7.52. The molecule has 0 saturated carbocycles. The zero-order chi connectivity index (χ0) is 16.1. The molecular weight excluding hydrogens is 432 g/mol. The molecule has 1 aromatic rings. The normalized spacial score (nSPS) is 17.7. The Labute approximate surface area is 152 Å². The van der Waals surface area contributed by atoms with Gasteiger partial charge in [-0.3, -0.25) is 9.69 Å². The van der Waals surface area contributed by atoms with Crippen LogP contribution in [0.15, 0.2) is 14.3 Å². The van der Waals surface area contributed by atoms with E-state index in [0.717, 1.165) is 45.9 Å². The van der Waals surface area contributed by atoms with Gasteiger partial charge in [0.2, 0.25) is 0 Å². The third-order valence-electron chi connectivity index (χ3n) is 3.67. The number of nitrogens with one attached hydrogen (secondary N) is 1. The molecule has 0 radical (unpaired) electrons. The summed E-state index contributed by atoms with van der Waals surface area (Å²) in [6, 6.07) is 2.23. The summed E-state index contributed by atoms with van der Waals surface area (Å²) in [5, 5.41) is 3.09. The van der Waals surface area contributed by atoms with E-state index in [1.807, 2.05) is 6.07 Å². The molecule has 2 heterocycles. The van der Waals surface area contributed by atoms with E-state index in [2.05, 4.69) is 55.9 Å². The Morgan fingerprint density at radius 1 is 1.41 bits per heavy atom. The highest BCUT2D eigenvalue weighted by molar-refractivity contribution is 9.13. The van der Waals surface area contributed by atoms with E-state index in [0.29, 0.717) is 18.5 Å². The van der Waals surface area contributed by atoms with Crippen molar-refractivity contribution in [1.29, 1.82) is 0 Å². The van der Waals surface area contributed by atoms with Crippen molar-refractivity contribution in [2.24, 2.45) is 5.92 Å². The summed E-state index contributed by atoms with van der Waals surface area (Å²) in [6.07, 6.45) is 1.08. The van der Waals surface area contributed by atoms with Crippen molar-refractivity contribution in [3.8, 4) is 0 Å². The second kappa shape index (κ2) is 8.78. The lowest BCUT2D eigenvalue weighted by molar-refractivity contribution is 0.0125. The number of nitrogens with zero attached hydrogens (tertiary/aromatic N) is 1. The maximum absolute atomic E-state index is 12.3. The summed E-state index contributed by atoms with van der Waals surface area (Å²) in [7, 11) is 0. The first-order valence-corrected chi connectivity index (χ1v) is 9.92. The predicted octanol–water partition coefficient (Wildman–Crippen LogP) is 3.75. The molecule has 1 atom stereocenters. The van der Waals surface area contributed by atoms with Crippen LogP contribution in [0.1, 0.15) is 29.9 Å². The molecule has 0 unspecified atom stereocenters. The molecule has 22 heavy (non-hydrogen) atoms. The monoisotopic (exact) mass is 452 g/mol. The molecule has 0 bridgehead atoms. The van der Waals surface area contributed by atoms with Crippen LogP contribution < -0.4 is 5.32 Å². The predicted molar refractivity (Wildman–Crippen MR) is 97.7 cm³/mol. The van der Waals surface area contributed by atoms with Crippen LogP contribution in [-0.4, -0.2) is 49.7 Å². The molecule has 0 aliphatic carbocycles. The lowest BCUT2D eigenvalue weighted by Crippen LogP contribution is -2.49. The largest absolute Gasteiger partial charge is 0.379 e. The van der Waals surface area contributed by atoms with Gasteiger partial charge in [-0.05, 0) is 50.3 Å². The van der Waals surface area contributed by atoms with Gasteiger partial charge >= 0.3 is 0 Å². The quantitative estimate of drug-likeness (QED) is 0.713. The number of amides is 1. The molecule has 1 N–H and O–H groups in total. The molecule has 0 aromatic carbocycles. The van der Waals surface area contributed by atoms with Crippen molar-refractivity contribution in [2.45, 2.75) is 26.3 Å². The molecule has 1 aromatic heterocycles. The van der Waals surface area contributed by atoms with Gasteiger partial charge in [-0.1, -0.05) is 13.8 Å². The van der Waals surface area contributed by atoms with Crippen molar-refractivity contribution in [3.63, 3.8) is 0 Å². The topological polar surface area (TPSA) is 41.6 Å². The number of morpholine rings is 1. The lowest BCUT2D eigenvalue weighted by Gasteiger charge is -2.35. The van der Waals surface area contributed by atoms with Gasteiger partial charge in [0.25, 0.3) is 5.91 Å². The summed E-state index contributed by atoms with van der Waals surface area (Å²) in [5.74, 6) is 0.605. The molecule has 0 spiro atoms. The first kappa shape index (κ1) is 18.4. The number of carbonyl (C=O) groups is 1. The van der Waals surface area contributed by atoms with E-state index in [9.17, 15) is 4.79 Å². The number of ether oxygens (including phenoxy) is 1. The van der Waals surface area contributed by atoms with Gasteiger partial charge in [0.15, 0.2) is 0 Å². The standard InChI is InChI=1S/C15H22Br2N2O2S/c1-10(2)7-11(19-3-5-21-6-4-19)9-18-15(20)13-8-12(16)14(17)22-13/h8,10-11H,3-7,9H2,1-2H3,(H,18,20)/t11-/m0/s1. The molecule has 124 valence electrons. The van der Waals surface area contributed by atoms with E-state index < -0.39 is 0 Å². The Morgan fingerprint density at radius 3 is 2.64 bits per heavy atom. The Hall–Kier alpha value is 0.0500. The van der Waals surface area contributed by atoms with E-state index in [1.54, 1.807) is 0 Å². The number of hydrogen-bond acceptors (Lipinski definition) is 4. The van der Waals surface area contributed by atoms with Crippen molar-refractivity contribution >= 4 is 49.1 Å². The second-order valence-corrected chi connectivity index (χ2v) is 9.10. The van der Waals surface area contributed by atoms with Crippen molar-refractivity contribution in [1.82, 2.24) is 10.2 Å². The third-order valence-corrected chi connectivity index (χ3v) is 6.93. The number of carbonyl (C=O) groups excluding carboxylic acids is 1. The molecule has 7 heteroatoms. The fraction of sp³-hybridized carbons (Fsp3) is 0.667. The van der Waals surface area contributed by atoms with Crippen LogP contribution in [0.4, 0.5) is 0 Å². The molecule has 1 amide bonds. The van der Waals surface area contributed by atoms with Gasteiger partial charge in [-0.15, -0.1) is 11.3 Å². The minimum Gasteiger partial charge on any atom is -0.379 e. The van der Waals surface area contributed by atoms with Gasteiger partial charge < -0.3 is 10.1 Å². The Bertz CT molecular complexity index is 482. The average Bonchev–Trinajstić information content (AvgIpc) is 2.83. The van der Waals surface area contributed by atoms with Gasteiger partial charge in [0, 0.05) is 30.1 Å². The maximum Gasteiger partial charge on any atom is 0.261 e. The second-order valence-electron chi connectivity index (χ2n) is 5.87. The molecule has 4 nitrogen and oxygen atoms in total. The van der Waals surface area contributed by atoms with Crippen LogP contribution in [0, 0.1) is 5.92 Å². The summed E-state index contributed by atoms with van der Waals surface area (Å²) in [4.78, 5) is 15.5. The fourth-order valence-corrected chi connectivity index (χ4v) is 4.56. The SMILES string of the molecule is CC(C)C[C@@H](CNC(=O)c1cc(Br)c(Br)s1)N1CCOCC1. The molecule has 1 saturated heterocycles.